The summed E-state index contributed by atoms with van der Waals surface area (Å²) in [5.41, 5.74) is 1.18. The normalized spacial score (nSPS) is 11.0. The molecule has 0 aliphatic heterocycles. The number of nitrogens with one attached hydrogen (secondary N) is 1. The predicted molar refractivity (Wildman–Crippen MR) is 66.2 cm³/mol. The van der Waals surface area contributed by atoms with Crippen LogP contribution in [0.4, 0.5) is 0 Å². The van der Waals surface area contributed by atoms with Crippen LogP contribution in [0.5, 0.6) is 0 Å². The number of aromatic amines is 1. The summed E-state index contributed by atoms with van der Waals surface area (Å²) in [5.74, 6) is -0.302. The fourth-order valence-electron chi connectivity index (χ4n) is 1.53. The average molecular weight is 276 g/mol. The van der Waals surface area contributed by atoms with E-state index in [2.05, 4.69) is 20.2 Å². The van der Waals surface area contributed by atoms with Crippen LogP contribution in [-0.2, 0) is 0 Å². The SMILES string of the molecule is Cc1nc(Sc2nc3ccc(C(=O)O)cc3o2)n[nH]1. The zero-order chi connectivity index (χ0) is 13.4. The number of hydrogen-bond donors (Lipinski definition) is 2. The van der Waals surface area contributed by atoms with E-state index in [-0.39, 0.29) is 5.56 Å². The van der Waals surface area contributed by atoms with E-state index in [0.29, 0.717) is 27.3 Å². The maximum Gasteiger partial charge on any atom is 0.335 e. The second-order valence-electron chi connectivity index (χ2n) is 3.77. The molecule has 3 aromatic rings. The van der Waals surface area contributed by atoms with Crippen molar-refractivity contribution in [2.45, 2.75) is 17.3 Å². The molecule has 0 aliphatic carbocycles. The Balaban J connectivity index is 1.95. The van der Waals surface area contributed by atoms with Crippen LogP contribution in [0.1, 0.15) is 16.2 Å². The molecule has 0 unspecified atom stereocenters. The molecule has 96 valence electrons. The van der Waals surface area contributed by atoms with E-state index in [1.54, 1.807) is 13.0 Å². The van der Waals surface area contributed by atoms with E-state index >= 15 is 0 Å². The van der Waals surface area contributed by atoms with Crippen LogP contribution in [0.2, 0.25) is 0 Å². The lowest BCUT2D eigenvalue weighted by molar-refractivity contribution is 0.0697. The molecule has 0 atom stereocenters. The topological polar surface area (TPSA) is 105 Å². The van der Waals surface area contributed by atoms with Gasteiger partial charge in [-0.1, -0.05) is 0 Å². The van der Waals surface area contributed by atoms with E-state index < -0.39 is 5.97 Å². The van der Waals surface area contributed by atoms with Crippen LogP contribution in [0.15, 0.2) is 33.0 Å². The number of aromatic nitrogens is 4. The summed E-state index contributed by atoms with van der Waals surface area (Å²) in [6.07, 6.45) is 0. The number of aryl methyl sites for hydroxylation is 1. The Kier molecular flexibility index (Phi) is 2.71. The average Bonchev–Trinajstić information content (AvgIpc) is 2.94. The van der Waals surface area contributed by atoms with Gasteiger partial charge in [-0.25, -0.2) is 14.8 Å². The number of oxazole rings is 1. The molecule has 0 bridgehead atoms. The van der Waals surface area contributed by atoms with Gasteiger partial charge in [-0.2, -0.15) is 0 Å². The molecule has 0 saturated heterocycles. The molecular weight excluding hydrogens is 268 g/mol. The number of hydrogen-bond acceptors (Lipinski definition) is 6. The first kappa shape index (κ1) is 11.7. The van der Waals surface area contributed by atoms with Gasteiger partial charge in [-0.05, 0) is 25.1 Å². The summed E-state index contributed by atoms with van der Waals surface area (Å²) in [6.45, 7) is 1.79. The molecule has 1 aromatic carbocycles. The van der Waals surface area contributed by atoms with Crippen LogP contribution in [0.3, 0.4) is 0 Å². The van der Waals surface area contributed by atoms with Gasteiger partial charge in [0.2, 0.25) is 5.16 Å². The minimum absolute atomic E-state index is 0.161. The number of nitrogens with zero attached hydrogens (tertiary/aromatic N) is 3. The summed E-state index contributed by atoms with van der Waals surface area (Å²) in [6, 6.07) is 4.53. The van der Waals surface area contributed by atoms with Crippen LogP contribution in [-0.4, -0.2) is 31.2 Å². The molecule has 7 nitrogen and oxygen atoms in total. The van der Waals surface area contributed by atoms with Crippen molar-refractivity contribution in [3.8, 4) is 0 Å². The number of aromatic carboxylic acids is 1. The molecule has 0 spiro atoms. The maximum absolute atomic E-state index is 10.9. The molecule has 0 saturated carbocycles. The lowest BCUT2D eigenvalue weighted by Crippen LogP contribution is -1.94. The van der Waals surface area contributed by atoms with Crippen molar-refractivity contribution in [1.82, 2.24) is 20.2 Å². The molecule has 8 heteroatoms. The van der Waals surface area contributed by atoms with Gasteiger partial charge < -0.3 is 9.52 Å². The van der Waals surface area contributed by atoms with Gasteiger partial charge in [-0.15, -0.1) is 5.10 Å². The molecule has 2 aromatic heterocycles. The summed E-state index contributed by atoms with van der Waals surface area (Å²) in [4.78, 5) is 19.2. The van der Waals surface area contributed by atoms with E-state index in [0.717, 1.165) is 0 Å². The fraction of sp³-hybridized carbons (Fsp3) is 0.0909. The van der Waals surface area contributed by atoms with Crippen molar-refractivity contribution in [3.63, 3.8) is 0 Å². The largest absolute Gasteiger partial charge is 0.478 e. The van der Waals surface area contributed by atoms with Crippen molar-refractivity contribution in [3.05, 3.63) is 29.6 Å². The second-order valence-corrected chi connectivity index (χ2v) is 4.69. The number of carboxylic acids is 1. The highest BCUT2D eigenvalue weighted by molar-refractivity contribution is 7.98. The molecule has 0 aliphatic rings. The van der Waals surface area contributed by atoms with Crippen molar-refractivity contribution < 1.29 is 14.3 Å². The number of rotatable bonds is 3. The van der Waals surface area contributed by atoms with E-state index in [9.17, 15) is 4.79 Å². The third kappa shape index (κ3) is 2.29. The van der Waals surface area contributed by atoms with Gasteiger partial charge in [0.25, 0.3) is 5.22 Å². The maximum atomic E-state index is 10.9. The number of carboxylic acid groups (broad SMARTS) is 1. The van der Waals surface area contributed by atoms with Gasteiger partial charge in [0.1, 0.15) is 11.3 Å². The molecule has 2 N–H and O–H groups in total. The number of H-pyrrole nitrogens is 1. The van der Waals surface area contributed by atoms with Crippen LogP contribution >= 0.6 is 11.8 Å². The Morgan fingerprint density at radius 1 is 1.42 bits per heavy atom. The molecule has 0 amide bonds. The Morgan fingerprint density at radius 3 is 2.95 bits per heavy atom. The van der Waals surface area contributed by atoms with Crippen LogP contribution < -0.4 is 0 Å². The first-order chi connectivity index (χ1) is 9.11. The standard InChI is InChI=1S/C11H8N4O3S/c1-5-12-10(15-14-5)19-11-13-7-3-2-6(9(16)17)4-8(7)18-11/h2-4H,1H3,(H,16,17)(H,12,14,15). The fourth-order valence-corrected chi connectivity index (χ4v) is 2.23. The minimum Gasteiger partial charge on any atom is -0.478 e. The zero-order valence-electron chi connectivity index (χ0n) is 9.75. The summed E-state index contributed by atoms with van der Waals surface area (Å²) < 4.78 is 5.47. The summed E-state index contributed by atoms with van der Waals surface area (Å²) in [7, 11) is 0. The highest BCUT2D eigenvalue weighted by Crippen LogP contribution is 2.27. The molecule has 0 radical (unpaired) electrons. The molecular formula is C11H8N4O3S. The molecule has 2 heterocycles. The van der Waals surface area contributed by atoms with E-state index in [4.69, 9.17) is 9.52 Å². The van der Waals surface area contributed by atoms with Gasteiger partial charge in [0.05, 0.1) is 5.56 Å². The molecule has 3 rings (SSSR count). The first-order valence-electron chi connectivity index (χ1n) is 5.32. The summed E-state index contributed by atoms with van der Waals surface area (Å²) >= 11 is 1.17. The van der Waals surface area contributed by atoms with Crippen molar-refractivity contribution in [2.75, 3.05) is 0 Å². The van der Waals surface area contributed by atoms with Gasteiger partial charge in [0.15, 0.2) is 5.58 Å². The Hall–Kier alpha value is -2.35. The van der Waals surface area contributed by atoms with Crippen molar-refractivity contribution >= 4 is 28.8 Å². The smallest absolute Gasteiger partial charge is 0.335 e. The van der Waals surface area contributed by atoms with Gasteiger partial charge in [0, 0.05) is 11.8 Å². The van der Waals surface area contributed by atoms with E-state index in [1.807, 2.05) is 0 Å². The van der Waals surface area contributed by atoms with Crippen LogP contribution in [0.25, 0.3) is 11.1 Å². The highest BCUT2D eigenvalue weighted by atomic mass is 32.2. The lowest BCUT2D eigenvalue weighted by Gasteiger charge is -1.91. The number of benzene rings is 1. The third-order valence-corrected chi connectivity index (χ3v) is 3.09. The predicted octanol–water partition coefficient (Wildman–Crippen LogP) is 2.10. The molecule has 19 heavy (non-hydrogen) atoms. The minimum atomic E-state index is -1.00. The number of fused-ring (bicyclic) bond motifs is 1. The monoisotopic (exact) mass is 276 g/mol. The highest BCUT2D eigenvalue weighted by Gasteiger charge is 2.12. The summed E-state index contributed by atoms with van der Waals surface area (Å²) in [5, 5.41) is 16.4. The number of carbonyl (C=O) groups is 1. The Labute approximate surface area is 111 Å². The Morgan fingerprint density at radius 2 is 2.26 bits per heavy atom. The quantitative estimate of drug-likeness (QED) is 0.754. The molecule has 0 fully saturated rings. The van der Waals surface area contributed by atoms with Crippen molar-refractivity contribution in [1.29, 1.82) is 0 Å². The Bertz CT molecular complexity index is 764. The van der Waals surface area contributed by atoms with Gasteiger partial charge in [-0.3, -0.25) is 5.10 Å². The van der Waals surface area contributed by atoms with E-state index in [1.165, 1.54) is 23.9 Å². The van der Waals surface area contributed by atoms with Crippen molar-refractivity contribution in [2.24, 2.45) is 0 Å². The first-order valence-corrected chi connectivity index (χ1v) is 6.14. The second kappa shape index (κ2) is 4.39. The lowest BCUT2D eigenvalue weighted by atomic mass is 10.2. The van der Waals surface area contributed by atoms with Crippen LogP contribution in [0, 0.1) is 6.92 Å². The van der Waals surface area contributed by atoms with Gasteiger partial charge >= 0.3 is 5.97 Å². The third-order valence-electron chi connectivity index (χ3n) is 2.37. The zero-order valence-corrected chi connectivity index (χ0v) is 10.6.